The predicted octanol–water partition coefficient (Wildman–Crippen LogP) is 2.00. The van der Waals surface area contributed by atoms with Gasteiger partial charge in [0.2, 0.25) is 0 Å². The van der Waals surface area contributed by atoms with Gasteiger partial charge in [0.25, 0.3) is 0 Å². The summed E-state index contributed by atoms with van der Waals surface area (Å²) < 4.78 is 0. The van der Waals surface area contributed by atoms with Crippen molar-refractivity contribution < 1.29 is 4.79 Å². The van der Waals surface area contributed by atoms with Crippen LogP contribution in [0.1, 0.15) is 12.8 Å². The molecule has 6 nitrogen and oxygen atoms in total. The predicted molar refractivity (Wildman–Crippen MR) is 76.0 cm³/mol. The van der Waals surface area contributed by atoms with Crippen LogP contribution in [-0.4, -0.2) is 40.5 Å². The Balaban J connectivity index is 1.93. The zero-order valence-corrected chi connectivity index (χ0v) is 11.8. The second-order valence-electron chi connectivity index (χ2n) is 4.18. The molecule has 0 radical (unpaired) electrons. The van der Waals surface area contributed by atoms with Crippen molar-refractivity contribution in [2.75, 3.05) is 29.9 Å². The highest BCUT2D eigenvalue weighted by molar-refractivity contribution is 6.44. The molecule has 0 spiro atoms. The summed E-state index contributed by atoms with van der Waals surface area (Å²) in [4.78, 5) is 21.5. The van der Waals surface area contributed by atoms with E-state index in [0.29, 0.717) is 5.82 Å². The average Bonchev–Trinajstić information content (AvgIpc) is 2.90. The number of halogens is 2. The Morgan fingerprint density at radius 3 is 2.79 bits per heavy atom. The Morgan fingerprint density at radius 1 is 1.37 bits per heavy atom. The second kappa shape index (κ2) is 6.77. The summed E-state index contributed by atoms with van der Waals surface area (Å²) in [5.41, 5.74) is 0. The first-order valence-corrected chi connectivity index (χ1v) is 6.92. The minimum atomic E-state index is -0.632. The van der Waals surface area contributed by atoms with E-state index in [-0.39, 0.29) is 6.54 Å². The Kier molecular flexibility index (Phi) is 5.04. The molecule has 1 aliphatic rings. The van der Waals surface area contributed by atoms with Crippen molar-refractivity contribution in [2.24, 2.45) is 0 Å². The number of carbonyl (C=O) groups is 1. The summed E-state index contributed by atoms with van der Waals surface area (Å²) in [6.45, 7) is 2.13. The molecule has 0 aromatic carbocycles. The summed E-state index contributed by atoms with van der Waals surface area (Å²) in [5.74, 6) is 1.19. The van der Waals surface area contributed by atoms with Gasteiger partial charge in [0.1, 0.15) is 10.7 Å². The maximum atomic E-state index is 11.5. The van der Waals surface area contributed by atoms with Crippen molar-refractivity contribution in [3.05, 3.63) is 12.4 Å². The van der Waals surface area contributed by atoms with Gasteiger partial charge in [-0.05, 0) is 12.8 Å². The van der Waals surface area contributed by atoms with Gasteiger partial charge in [0.05, 0.1) is 12.4 Å². The first-order chi connectivity index (χ1) is 9.15. The molecule has 2 rings (SSSR count). The molecule has 0 aliphatic carbocycles. The molecule has 0 bridgehead atoms. The minimum Gasteiger partial charge on any atom is -0.355 e. The fraction of sp³-hybridized carbons (Fsp3) is 0.545. The highest BCUT2D eigenvalue weighted by Gasteiger charge is 2.14. The van der Waals surface area contributed by atoms with Crippen LogP contribution in [0.15, 0.2) is 12.4 Å². The highest BCUT2D eigenvalue weighted by Crippen LogP contribution is 2.17. The largest absolute Gasteiger partial charge is 0.355 e. The van der Waals surface area contributed by atoms with Crippen LogP contribution in [0.2, 0.25) is 0 Å². The second-order valence-corrected chi connectivity index (χ2v) is 5.46. The van der Waals surface area contributed by atoms with Crippen LogP contribution >= 0.6 is 23.2 Å². The standard InChI is InChI=1S/C11H15Cl2N5O/c12-8(13)5-15-11(19)17-9-6-14-7-10(16-9)18-3-1-2-4-18/h6-8H,1-5H2,(H2,15,16,17,19). The molecular weight excluding hydrogens is 289 g/mol. The topological polar surface area (TPSA) is 70.2 Å². The zero-order chi connectivity index (χ0) is 13.7. The van der Waals surface area contributed by atoms with Gasteiger partial charge in [-0.3, -0.25) is 10.3 Å². The van der Waals surface area contributed by atoms with Gasteiger partial charge >= 0.3 is 6.03 Å². The number of hydrogen-bond donors (Lipinski definition) is 2. The lowest BCUT2D eigenvalue weighted by atomic mass is 10.4. The molecule has 19 heavy (non-hydrogen) atoms. The number of nitrogens with zero attached hydrogens (tertiary/aromatic N) is 3. The molecule has 104 valence electrons. The maximum Gasteiger partial charge on any atom is 0.320 e. The molecular formula is C11H15Cl2N5O. The van der Waals surface area contributed by atoms with Crippen molar-refractivity contribution in [1.82, 2.24) is 15.3 Å². The van der Waals surface area contributed by atoms with E-state index in [0.717, 1.165) is 31.7 Å². The van der Waals surface area contributed by atoms with Crippen LogP contribution in [0.25, 0.3) is 0 Å². The highest BCUT2D eigenvalue weighted by atomic mass is 35.5. The van der Waals surface area contributed by atoms with Crippen LogP contribution < -0.4 is 15.5 Å². The molecule has 1 aliphatic heterocycles. The van der Waals surface area contributed by atoms with Crippen LogP contribution in [-0.2, 0) is 0 Å². The number of aromatic nitrogens is 2. The lowest BCUT2D eigenvalue weighted by Crippen LogP contribution is -2.32. The lowest BCUT2D eigenvalue weighted by molar-refractivity contribution is 0.252. The Labute approximate surface area is 121 Å². The first kappa shape index (κ1) is 14.1. The van der Waals surface area contributed by atoms with Gasteiger partial charge < -0.3 is 10.2 Å². The number of hydrogen-bond acceptors (Lipinski definition) is 4. The molecule has 1 saturated heterocycles. The quantitative estimate of drug-likeness (QED) is 0.835. The molecule has 1 fully saturated rings. The normalized spacial score (nSPS) is 14.8. The van der Waals surface area contributed by atoms with Crippen molar-refractivity contribution in [3.63, 3.8) is 0 Å². The minimum absolute atomic E-state index is 0.175. The third-order valence-electron chi connectivity index (χ3n) is 2.71. The molecule has 2 N–H and O–H groups in total. The van der Waals surface area contributed by atoms with Crippen molar-refractivity contribution in [2.45, 2.75) is 17.7 Å². The number of amides is 2. The average molecular weight is 304 g/mol. The van der Waals surface area contributed by atoms with E-state index in [1.54, 1.807) is 6.20 Å². The van der Waals surface area contributed by atoms with Crippen LogP contribution in [0.5, 0.6) is 0 Å². The number of anilines is 2. The summed E-state index contributed by atoms with van der Waals surface area (Å²) in [6.07, 6.45) is 5.51. The monoisotopic (exact) mass is 303 g/mol. The van der Waals surface area contributed by atoms with E-state index in [9.17, 15) is 4.79 Å². The van der Waals surface area contributed by atoms with E-state index in [1.165, 1.54) is 6.20 Å². The molecule has 1 aromatic rings. The summed E-state index contributed by atoms with van der Waals surface area (Å²) >= 11 is 11.0. The fourth-order valence-corrected chi connectivity index (χ4v) is 2.00. The molecule has 1 aromatic heterocycles. The van der Waals surface area contributed by atoms with E-state index < -0.39 is 10.9 Å². The fourth-order valence-electron chi connectivity index (χ4n) is 1.84. The van der Waals surface area contributed by atoms with Crippen molar-refractivity contribution >= 4 is 40.9 Å². The van der Waals surface area contributed by atoms with Gasteiger partial charge in [-0.25, -0.2) is 9.78 Å². The third-order valence-corrected chi connectivity index (χ3v) is 3.02. The van der Waals surface area contributed by atoms with E-state index >= 15 is 0 Å². The number of carbonyl (C=O) groups excluding carboxylic acids is 1. The molecule has 8 heteroatoms. The van der Waals surface area contributed by atoms with Gasteiger partial charge in [-0.1, -0.05) is 0 Å². The summed E-state index contributed by atoms with van der Waals surface area (Å²) in [7, 11) is 0. The molecule has 0 saturated carbocycles. The van der Waals surface area contributed by atoms with Crippen LogP contribution in [0, 0.1) is 0 Å². The zero-order valence-electron chi connectivity index (χ0n) is 10.3. The Hall–Kier alpha value is -1.27. The SMILES string of the molecule is O=C(NCC(Cl)Cl)Nc1cncc(N2CCCC2)n1. The van der Waals surface area contributed by atoms with E-state index in [2.05, 4.69) is 25.5 Å². The number of urea groups is 1. The first-order valence-electron chi connectivity index (χ1n) is 6.05. The third kappa shape index (κ3) is 4.40. The molecule has 2 amide bonds. The van der Waals surface area contributed by atoms with Gasteiger partial charge in [0.15, 0.2) is 5.82 Å². The van der Waals surface area contributed by atoms with Gasteiger partial charge in [-0.15, -0.1) is 23.2 Å². The van der Waals surface area contributed by atoms with Gasteiger partial charge in [-0.2, -0.15) is 0 Å². The van der Waals surface area contributed by atoms with Crippen molar-refractivity contribution in [1.29, 1.82) is 0 Å². The smallest absolute Gasteiger partial charge is 0.320 e. The lowest BCUT2D eigenvalue weighted by Gasteiger charge is -2.16. The Bertz CT molecular complexity index is 437. The van der Waals surface area contributed by atoms with E-state index in [4.69, 9.17) is 23.2 Å². The number of rotatable bonds is 4. The van der Waals surface area contributed by atoms with Crippen molar-refractivity contribution in [3.8, 4) is 0 Å². The van der Waals surface area contributed by atoms with Crippen LogP contribution in [0.4, 0.5) is 16.4 Å². The molecule has 2 heterocycles. The summed E-state index contributed by atoms with van der Waals surface area (Å²) in [6, 6.07) is -0.404. The molecule has 0 atom stereocenters. The van der Waals surface area contributed by atoms with Crippen LogP contribution in [0.3, 0.4) is 0 Å². The molecule has 0 unspecified atom stereocenters. The number of nitrogens with one attached hydrogen (secondary N) is 2. The number of alkyl halides is 2. The van der Waals surface area contributed by atoms with Gasteiger partial charge in [0, 0.05) is 19.6 Å². The van der Waals surface area contributed by atoms with E-state index in [1.807, 2.05) is 0 Å². The Morgan fingerprint density at radius 2 is 2.11 bits per heavy atom. The maximum absolute atomic E-state index is 11.5. The summed E-state index contributed by atoms with van der Waals surface area (Å²) in [5, 5.41) is 5.12.